The van der Waals surface area contributed by atoms with Crippen molar-refractivity contribution in [2.45, 2.75) is 39.3 Å². The van der Waals surface area contributed by atoms with Gasteiger partial charge in [0.2, 0.25) is 0 Å². The molecular formula is C19H32N2O2. The highest BCUT2D eigenvalue weighted by molar-refractivity contribution is 5.22. The number of aliphatic hydroxyl groups is 1. The van der Waals surface area contributed by atoms with Gasteiger partial charge < -0.3 is 9.84 Å². The van der Waals surface area contributed by atoms with E-state index in [1.54, 1.807) is 0 Å². The van der Waals surface area contributed by atoms with Crippen molar-refractivity contribution in [1.29, 1.82) is 0 Å². The summed E-state index contributed by atoms with van der Waals surface area (Å²) in [6.07, 6.45) is 1.85. The monoisotopic (exact) mass is 320 g/mol. The van der Waals surface area contributed by atoms with Crippen LogP contribution in [-0.2, 0) is 11.3 Å². The molecule has 1 aliphatic heterocycles. The molecule has 2 rings (SSSR count). The van der Waals surface area contributed by atoms with E-state index in [0.29, 0.717) is 6.61 Å². The van der Waals surface area contributed by atoms with E-state index >= 15 is 0 Å². The number of rotatable bonds is 9. The zero-order chi connectivity index (χ0) is 16.5. The fourth-order valence-electron chi connectivity index (χ4n) is 3.02. The van der Waals surface area contributed by atoms with E-state index in [2.05, 4.69) is 47.9 Å². The third kappa shape index (κ3) is 7.00. The summed E-state index contributed by atoms with van der Waals surface area (Å²) in [5.41, 5.74) is 2.72. The van der Waals surface area contributed by atoms with Gasteiger partial charge in [0.05, 0.1) is 12.7 Å². The molecule has 1 fully saturated rings. The number of aryl methyl sites for hydroxylation is 1. The van der Waals surface area contributed by atoms with Crippen molar-refractivity contribution < 1.29 is 9.84 Å². The number of unbranched alkanes of at least 4 members (excludes halogenated alkanes) is 1. The van der Waals surface area contributed by atoms with Crippen molar-refractivity contribution in [2.75, 3.05) is 45.9 Å². The summed E-state index contributed by atoms with van der Waals surface area (Å²) in [5, 5.41) is 10.1. The fourth-order valence-corrected chi connectivity index (χ4v) is 3.02. The standard InChI is InChI=1S/C19H32N2O2/c1-3-4-12-23-16-19(22)15-21-10-8-20(9-11-21)14-18-7-5-6-17(2)13-18/h5-7,13,19,22H,3-4,8-12,14-16H2,1-2H3. The Morgan fingerprint density at radius 3 is 2.61 bits per heavy atom. The van der Waals surface area contributed by atoms with Crippen molar-refractivity contribution in [3.05, 3.63) is 35.4 Å². The maximum atomic E-state index is 10.1. The Balaban J connectivity index is 1.63. The predicted molar refractivity (Wildman–Crippen MR) is 94.6 cm³/mol. The van der Waals surface area contributed by atoms with Crippen LogP contribution < -0.4 is 0 Å². The summed E-state index contributed by atoms with van der Waals surface area (Å²) in [5.74, 6) is 0. The molecule has 0 amide bonds. The molecule has 1 heterocycles. The van der Waals surface area contributed by atoms with Gasteiger partial charge in [-0.3, -0.25) is 9.80 Å². The van der Waals surface area contributed by atoms with Crippen LogP contribution in [0, 0.1) is 6.92 Å². The summed E-state index contributed by atoms with van der Waals surface area (Å²) in [7, 11) is 0. The molecule has 0 bridgehead atoms. The van der Waals surface area contributed by atoms with Crippen molar-refractivity contribution in [2.24, 2.45) is 0 Å². The zero-order valence-corrected chi connectivity index (χ0v) is 14.7. The van der Waals surface area contributed by atoms with Gasteiger partial charge in [-0.05, 0) is 18.9 Å². The molecule has 1 unspecified atom stereocenters. The van der Waals surface area contributed by atoms with E-state index < -0.39 is 0 Å². The van der Waals surface area contributed by atoms with Gasteiger partial charge in [0.25, 0.3) is 0 Å². The van der Waals surface area contributed by atoms with Crippen LogP contribution in [0.15, 0.2) is 24.3 Å². The molecule has 0 spiro atoms. The van der Waals surface area contributed by atoms with Crippen LogP contribution in [0.25, 0.3) is 0 Å². The minimum atomic E-state index is -0.366. The number of ether oxygens (including phenoxy) is 1. The van der Waals surface area contributed by atoms with Gasteiger partial charge in [-0.15, -0.1) is 0 Å². The van der Waals surface area contributed by atoms with Crippen LogP contribution in [0.1, 0.15) is 30.9 Å². The van der Waals surface area contributed by atoms with E-state index in [-0.39, 0.29) is 6.10 Å². The molecule has 4 heteroatoms. The quantitative estimate of drug-likeness (QED) is 0.708. The number of aliphatic hydroxyl groups excluding tert-OH is 1. The van der Waals surface area contributed by atoms with Crippen LogP contribution >= 0.6 is 0 Å². The second-order valence-corrected chi connectivity index (χ2v) is 6.65. The fraction of sp³-hybridized carbons (Fsp3) is 0.684. The molecule has 0 aromatic heterocycles. The van der Waals surface area contributed by atoms with Crippen LogP contribution in [0.5, 0.6) is 0 Å². The third-order valence-electron chi connectivity index (χ3n) is 4.37. The predicted octanol–water partition coefficient (Wildman–Crippen LogP) is 2.29. The van der Waals surface area contributed by atoms with Crippen LogP contribution in [0.3, 0.4) is 0 Å². The van der Waals surface area contributed by atoms with E-state index in [1.807, 2.05) is 0 Å². The molecule has 0 radical (unpaired) electrons. The van der Waals surface area contributed by atoms with Crippen molar-refractivity contribution in [3.63, 3.8) is 0 Å². The summed E-state index contributed by atoms with van der Waals surface area (Å²) in [6, 6.07) is 8.75. The van der Waals surface area contributed by atoms with Gasteiger partial charge in [0.15, 0.2) is 0 Å². The number of benzene rings is 1. The Kier molecular flexibility index (Phi) is 8.03. The molecule has 1 saturated heterocycles. The summed E-state index contributed by atoms with van der Waals surface area (Å²) in [6.45, 7) is 11.5. The Labute approximate surface area is 141 Å². The summed E-state index contributed by atoms with van der Waals surface area (Å²) >= 11 is 0. The second kappa shape index (κ2) is 10.0. The lowest BCUT2D eigenvalue weighted by molar-refractivity contribution is 0.00588. The molecule has 1 aromatic carbocycles. The molecule has 0 saturated carbocycles. The van der Waals surface area contributed by atoms with Gasteiger partial charge in [-0.25, -0.2) is 0 Å². The van der Waals surface area contributed by atoms with Crippen LogP contribution in [0.2, 0.25) is 0 Å². The Hall–Kier alpha value is -0.940. The number of nitrogens with zero attached hydrogens (tertiary/aromatic N) is 2. The number of piperazine rings is 1. The first-order valence-corrected chi connectivity index (χ1v) is 8.93. The minimum absolute atomic E-state index is 0.366. The molecular weight excluding hydrogens is 288 g/mol. The highest BCUT2D eigenvalue weighted by atomic mass is 16.5. The SMILES string of the molecule is CCCCOCC(O)CN1CCN(Cc2cccc(C)c2)CC1. The maximum Gasteiger partial charge on any atom is 0.0900 e. The van der Waals surface area contributed by atoms with Gasteiger partial charge >= 0.3 is 0 Å². The van der Waals surface area contributed by atoms with Gasteiger partial charge in [-0.2, -0.15) is 0 Å². The first kappa shape index (κ1) is 18.4. The summed E-state index contributed by atoms with van der Waals surface area (Å²) in [4.78, 5) is 4.84. The molecule has 1 aliphatic rings. The van der Waals surface area contributed by atoms with Crippen LogP contribution in [0.4, 0.5) is 0 Å². The lowest BCUT2D eigenvalue weighted by Crippen LogP contribution is -2.48. The largest absolute Gasteiger partial charge is 0.389 e. The molecule has 1 aromatic rings. The molecule has 1 N–H and O–H groups in total. The van der Waals surface area contributed by atoms with E-state index in [4.69, 9.17) is 4.74 Å². The molecule has 1 atom stereocenters. The first-order valence-electron chi connectivity index (χ1n) is 8.93. The average molecular weight is 320 g/mol. The van der Waals surface area contributed by atoms with Gasteiger partial charge in [0, 0.05) is 45.9 Å². The van der Waals surface area contributed by atoms with Gasteiger partial charge in [0.1, 0.15) is 0 Å². The number of hydrogen-bond donors (Lipinski definition) is 1. The lowest BCUT2D eigenvalue weighted by Gasteiger charge is -2.35. The average Bonchev–Trinajstić information content (AvgIpc) is 2.54. The van der Waals surface area contributed by atoms with Crippen molar-refractivity contribution >= 4 is 0 Å². The Morgan fingerprint density at radius 2 is 1.91 bits per heavy atom. The zero-order valence-electron chi connectivity index (χ0n) is 14.7. The topological polar surface area (TPSA) is 35.9 Å². The normalized spacial score (nSPS) is 18.2. The summed E-state index contributed by atoms with van der Waals surface area (Å²) < 4.78 is 5.50. The maximum absolute atomic E-state index is 10.1. The van der Waals surface area contributed by atoms with Crippen molar-refractivity contribution in [3.8, 4) is 0 Å². The number of hydrogen-bond acceptors (Lipinski definition) is 4. The van der Waals surface area contributed by atoms with Crippen LogP contribution in [-0.4, -0.2) is 66.9 Å². The Bertz CT molecular complexity index is 445. The lowest BCUT2D eigenvalue weighted by atomic mass is 10.1. The van der Waals surface area contributed by atoms with E-state index in [1.165, 1.54) is 11.1 Å². The molecule has 4 nitrogen and oxygen atoms in total. The Morgan fingerprint density at radius 1 is 1.17 bits per heavy atom. The molecule has 23 heavy (non-hydrogen) atoms. The van der Waals surface area contributed by atoms with E-state index in [9.17, 15) is 5.11 Å². The smallest absolute Gasteiger partial charge is 0.0900 e. The number of β-amino-alcohol motifs (C(OH)–C–C–N with tert-alkyl or cyclic N) is 1. The first-order chi connectivity index (χ1) is 11.2. The van der Waals surface area contributed by atoms with E-state index in [0.717, 1.165) is 58.7 Å². The highest BCUT2D eigenvalue weighted by Crippen LogP contribution is 2.10. The third-order valence-corrected chi connectivity index (χ3v) is 4.37. The van der Waals surface area contributed by atoms with Gasteiger partial charge in [-0.1, -0.05) is 43.2 Å². The molecule has 0 aliphatic carbocycles. The molecule has 130 valence electrons. The highest BCUT2D eigenvalue weighted by Gasteiger charge is 2.19. The second-order valence-electron chi connectivity index (χ2n) is 6.65. The minimum Gasteiger partial charge on any atom is -0.389 e. The van der Waals surface area contributed by atoms with Crippen molar-refractivity contribution in [1.82, 2.24) is 9.80 Å².